The Morgan fingerprint density at radius 2 is 2.29 bits per heavy atom. The van der Waals surface area contributed by atoms with Crippen LogP contribution in [0.15, 0.2) is 18.2 Å². The smallest absolute Gasteiger partial charge is 0.258 e. The average molecular weight is 305 g/mol. The maximum Gasteiger partial charge on any atom is 0.258 e. The minimum Gasteiger partial charge on any atom is -0.384 e. The highest BCUT2D eigenvalue weighted by Gasteiger charge is 2.14. The first-order valence-electron chi connectivity index (χ1n) is 6.17. The molecule has 0 aliphatic carbocycles. The van der Waals surface area contributed by atoms with Crippen molar-refractivity contribution in [3.8, 4) is 11.8 Å². The van der Waals surface area contributed by atoms with E-state index >= 15 is 0 Å². The number of aliphatic hydroxyl groups is 1. The predicted octanol–water partition coefficient (Wildman–Crippen LogP) is 1.84. The number of benzene rings is 1. The summed E-state index contributed by atoms with van der Waals surface area (Å²) in [6.07, 6.45) is 0.723. The lowest BCUT2D eigenvalue weighted by atomic mass is 10.1. The predicted molar refractivity (Wildman–Crippen MR) is 77.6 cm³/mol. The van der Waals surface area contributed by atoms with Crippen LogP contribution in [-0.4, -0.2) is 27.8 Å². The van der Waals surface area contributed by atoms with Crippen LogP contribution in [-0.2, 0) is 6.42 Å². The summed E-state index contributed by atoms with van der Waals surface area (Å²) in [7, 11) is 0. The van der Waals surface area contributed by atoms with Crippen LogP contribution >= 0.6 is 11.3 Å². The molecule has 5 nitrogen and oxygen atoms in total. The quantitative estimate of drug-likeness (QED) is 0.849. The fourth-order valence-corrected chi connectivity index (χ4v) is 2.23. The molecule has 0 fully saturated rings. The van der Waals surface area contributed by atoms with Crippen molar-refractivity contribution >= 4 is 22.4 Å². The maximum absolute atomic E-state index is 13.3. The molecule has 1 aromatic carbocycles. The molecule has 0 spiro atoms. The summed E-state index contributed by atoms with van der Waals surface area (Å²) in [5.41, 5.74) is 0.423. The van der Waals surface area contributed by atoms with Crippen molar-refractivity contribution in [1.29, 1.82) is 0 Å². The van der Waals surface area contributed by atoms with Crippen LogP contribution in [0.25, 0.3) is 0 Å². The zero-order valence-electron chi connectivity index (χ0n) is 11.2. The van der Waals surface area contributed by atoms with Crippen molar-refractivity contribution in [2.24, 2.45) is 0 Å². The summed E-state index contributed by atoms with van der Waals surface area (Å²) in [4.78, 5) is 12.2. The van der Waals surface area contributed by atoms with Gasteiger partial charge in [-0.3, -0.25) is 10.1 Å². The van der Waals surface area contributed by atoms with Crippen molar-refractivity contribution in [2.75, 3.05) is 11.9 Å². The van der Waals surface area contributed by atoms with Gasteiger partial charge in [-0.15, -0.1) is 10.2 Å². The molecule has 1 amide bonds. The van der Waals surface area contributed by atoms with Gasteiger partial charge in [0.05, 0.1) is 5.56 Å². The van der Waals surface area contributed by atoms with E-state index in [-0.39, 0.29) is 12.2 Å². The second kappa shape index (κ2) is 6.92. The highest BCUT2D eigenvalue weighted by atomic mass is 32.1. The number of carbonyl (C=O) groups is 1. The highest BCUT2D eigenvalue weighted by Crippen LogP contribution is 2.18. The molecule has 2 N–H and O–H groups in total. The summed E-state index contributed by atoms with van der Waals surface area (Å²) in [5, 5.41) is 20.1. The van der Waals surface area contributed by atoms with Gasteiger partial charge < -0.3 is 5.11 Å². The van der Waals surface area contributed by atoms with Gasteiger partial charge in [0, 0.05) is 5.56 Å². The number of nitrogens with zero attached hydrogens (tertiary/aromatic N) is 2. The number of amides is 1. The number of anilines is 1. The van der Waals surface area contributed by atoms with Crippen LogP contribution in [0.2, 0.25) is 0 Å². The Kier molecular flexibility index (Phi) is 4.98. The van der Waals surface area contributed by atoms with Gasteiger partial charge in [0.15, 0.2) is 0 Å². The van der Waals surface area contributed by atoms with Crippen molar-refractivity contribution in [3.05, 3.63) is 40.2 Å². The number of hydrogen-bond acceptors (Lipinski definition) is 5. The van der Waals surface area contributed by atoms with Gasteiger partial charge in [0.25, 0.3) is 5.91 Å². The Hall–Kier alpha value is -2.30. The summed E-state index contributed by atoms with van der Waals surface area (Å²) < 4.78 is 13.3. The Balaban J connectivity index is 2.27. The van der Waals surface area contributed by atoms with Gasteiger partial charge in [-0.1, -0.05) is 30.1 Å². The van der Waals surface area contributed by atoms with Crippen LogP contribution in [0.1, 0.15) is 27.9 Å². The van der Waals surface area contributed by atoms with Crippen LogP contribution in [0.3, 0.4) is 0 Å². The molecule has 108 valence electrons. The van der Waals surface area contributed by atoms with E-state index in [4.69, 9.17) is 5.11 Å². The summed E-state index contributed by atoms with van der Waals surface area (Å²) >= 11 is 1.26. The number of rotatable bonds is 3. The molecular formula is C14H12FN3O2S. The SMILES string of the molecule is CCc1nnc(NC(=O)c2cc(F)ccc2C#CCO)s1. The number of aromatic nitrogens is 2. The lowest BCUT2D eigenvalue weighted by molar-refractivity contribution is 0.102. The fourth-order valence-electron chi connectivity index (χ4n) is 1.56. The largest absolute Gasteiger partial charge is 0.384 e. The Morgan fingerprint density at radius 1 is 1.48 bits per heavy atom. The molecule has 0 saturated heterocycles. The summed E-state index contributed by atoms with van der Waals surface area (Å²) in [5.74, 6) is 3.99. The van der Waals surface area contributed by atoms with E-state index in [9.17, 15) is 9.18 Å². The molecule has 2 aromatic rings. The van der Waals surface area contributed by atoms with Crippen molar-refractivity contribution in [3.63, 3.8) is 0 Å². The summed E-state index contributed by atoms with van der Waals surface area (Å²) in [6, 6.07) is 3.70. The normalized spacial score (nSPS) is 9.86. The van der Waals surface area contributed by atoms with E-state index in [0.29, 0.717) is 10.7 Å². The van der Waals surface area contributed by atoms with Crippen molar-refractivity contribution in [2.45, 2.75) is 13.3 Å². The molecule has 7 heteroatoms. The van der Waals surface area contributed by atoms with Crippen LogP contribution in [0, 0.1) is 17.7 Å². The molecule has 0 unspecified atom stereocenters. The molecule has 0 atom stereocenters. The Bertz CT molecular complexity index is 718. The van der Waals surface area contributed by atoms with E-state index < -0.39 is 11.7 Å². The molecule has 0 aliphatic heterocycles. The highest BCUT2D eigenvalue weighted by molar-refractivity contribution is 7.15. The van der Waals surface area contributed by atoms with Crippen LogP contribution in [0.5, 0.6) is 0 Å². The first kappa shape index (κ1) is 15.1. The summed E-state index contributed by atoms with van der Waals surface area (Å²) in [6.45, 7) is 1.59. The average Bonchev–Trinajstić information content (AvgIpc) is 2.93. The third-order valence-corrected chi connectivity index (χ3v) is 3.50. The zero-order valence-corrected chi connectivity index (χ0v) is 12.0. The lowest BCUT2D eigenvalue weighted by Crippen LogP contribution is -2.13. The van der Waals surface area contributed by atoms with Gasteiger partial charge in [-0.25, -0.2) is 4.39 Å². The van der Waals surface area contributed by atoms with E-state index in [1.165, 1.54) is 23.5 Å². The van der Waals surface area contributed by atoms with E-state index in [2.05, 4.69) is 27.4 Å². The molecule has 21 heavy (non-hydrogen) atoms. The van der Waals surface area contributed by atoms with Crippen LogP contribution in [0.4, 0.5) is 9.52 Å². The number of halogens is 1. The maximum atomic E-state index is 13.3. The molecule has 0 aliphatic rings. The molecule has 1 heterocycles. The molecule has 0 saturated carbocycles. The third-order valence-electron chi connectivity index (χ3n) is 2.52. The molecule has 0 radical (unpaired) electrons. The van der Waals surface area contributed by atoms with Crippen LogP contribution < -0.4 is 5.32 Å². The minimum absolute atomic E-state index is 0.0872. The second-order valence-electron chi connectivity index (χ2n) is 3.96. The lowest BCUT2D eigenvalue weighted by Gasteiger charge is -2.04. The number of nitrogens with one attached hydrogen (secondary N) is 1. The van der Waals surface area contributed by atoms with Gasteiger partial charge >= 0.3 is 0 Å². The monoisotopic (exact) mass is 305 g/mol. The third kappa shape index (κ3) is 3.84. The topological polar surface area (TPSA) is 75.1 Å². The number of hydrogen-bond donors (Lipinski definition) is 2. The number of carbonyl (C=O) groups excluding carboxylic acids is 1. The molecule has 2 rings (SSSR count). The first-order chi connectivity index (χ1) is 10.1. The molecular weight excluding hydrogens is 293 g/mol. The van der Waals surface area contributed by atoms with Gasteiger partial charge in [0.2, 0.25) is 5.13 Å². The Labute approximate surface area is 124 Å². The molecule has 1 aromatic heterocycles. The fraction of sp³-hybridized carbons (Fsp3) is 0.214. The van der Waals surface area contributed by atoms with Gasteiger partial charge in [0.1, 0.15) is 17.4 Å². The molecule has 0 bridgehead atoms. The van der Waals surface area contributed by atoms with E-state index in [1.54, 1.807) is 0 Å². The first-order valence-corrected chi connectivity index (χ1v) is 6.98. The van der Waals surface area contributed by atoms with Crippen molar-refractivity contribution < 1.29 is 14.3 Å². The van der Waals surface area contributed by atoms with E-state index in [0.717, 1.165) is 17.5 Å². The number of aliphatic hydroxyl groups excluding tert-OH is 1. The zero-order chi connectivity index (χ0) is 15.2. The minimum atomic E-state index is -0.541. The second-order valence-corrected chi connectivity index (χ2v) is 5.02. The number of aryl methyl sites for hydroxylation is 1. The van der Waals surface area contributed by atoms with Gasteiger partial charge in [-0.05, 0) is 24.6 Å². The van der Waals surface area contributed by atoms with Crippen molar-refractivity contribution in [1.82, 2.24) is 10.2 Å². The van der Waals surface area contributed by atoms with Gasteiger partial charge in [-0.2, -0.15) is 0 Å². The van der Waals surface area contributed by atoms with E-state index in [1.807, 2.05) is 6.92 Å². The standard InChI is InChI=1S/C14H12FN3O2S/c1-2-12-17-18-14(21-12)16-13(20)11-8-10(15)6-5-9(11)4-3-7-19/h5-6,8,19H,2,7H2,1H3,(H,16,18,20). The Morgan fingerprint density at radius 3 is 2.95 bits per heavy atom.